The molecule has 0 aliphatic rings. The Morgan fingerprint density at radius 3 is 0.889 bits per heavy atom. The van der Waals surface area contributed by atoms with Gasteiger partial charge in [0.05, 0.1) is 0 Å². The molecule has 0 atom stereocenters. The Morgan fingerprint density at radius 2 is 0.889 bits per heavy atom. The molecule has 0 aromatic carbocycles. The molecule has 0 bridgehead atoms. The van der Waals surface area contributed by atoms with Crippen LogP contribution in [-0.2, 0) is 0 Å². The molecular formula is C11H28Cl2O5. The van der Waals surface area contributed by atoms with Crippen molar-refractivity contribution in [3.63, 3.8) is 0 Å². The normalized spacial score (nSPS) is 5.44. The van der Waals surface area contributed by atoms with Crippen molar-refractivity contribution in [1.82, 2.24) is 0 Å². The summed E-state index contributed by atoms with van der Waals surface area (Å²) in [6.07, 6.45) is 0.875. The second-order valence-corrected chi connectivity index (χ2v) is 1.88. The Bertz CT molecular complexity index is 100. The Morgan fingerprint density at radius 1 is 0.833 bits per heavy atom. The van der Waals surface area contributed by atoms with Gasteiger partial charge in [-0.3, -0.25) is 0 Å². The Labute approximate surface area is 121 Å². The van der Waals surface area contributed by atoms with Gasteiger partial charge in [0.25, 0.3) is 0 Å². The Balaban J connectivity index is -0.0000000249. The summed E-state index contributed by atoms with van der Waals surface area (Å²) in [7, 11) is 0. The second-order valence-electron chi connectivity index (χ2n) is 1.23. The van der Waals surface area contributed by atoms with Crippen molar-refractivity contribution < 1.29 is 24.9 Å². The highest BCUT2D eigenvalue weighted by Gasteiger charge is 1.71. The summed E-state index contributed by atoms with van der Waals surface area (Å²) in [4.78, 5) is 17.5. The molecule has 0 aliphatic carbocycles. The summed E-state index contributed by atoms with van der Waals surface area (Å²) in [5.74, 6) is 0. The highest BCUT2D eigenvalue weighted by molar-refractivity contribution is 6.60. The Hall–Kier alpha value is -0.520. The third kappa shape index (κ3) is 14100. The van der Waals surface area contributed by atoms with Crippen LogP contribution in [0.4, 0.5) is 9.59 Å². The molecule has 116 valence electrons. The number of rotatable bonds is 1. The van der Waals surface area contributed by atoms with E-state index in [-0.39, 0.29) is 0 Å². The van der Waals surface area contributed by atoms with E-state index in [0.717, 1.165) is 6.42 Å². The number of aliphatic hydroxyl groups is 1. The van der Waals surface area contributed by atoms with Crippen molar-refractivity contribution in [2.45, 2.75) is 54.9 Å². The summed E-state index contributed by atoms with van der Waals surface area (Å²) in [5.41, 5.74) is -2.72. The highest BCUT2D eigenvalue weighted by Crippen LogP contribution is 1.68. The molecule has 3 N–H and O–H groups in total. The lowest BCUT2D eigenvalue weighted by molar-refractivity contribution is 0.219. The third-order valence-electron chi connectivity index (χ3n) is 0.224. The lowest BCUT2D eigenvalue weighted by Gasteiger charge is -1.69. The molecule has 0 aromatic heterocycles. The van der Waals surface area contributed by atoms with Gasteiger partial charge in [0.15, 0.2) is 0 Å². The van der Waals surface area contributed by atoms with Crippen LogP contribution in [0.1, 0.15) is 54.9 Å². The second kappa shape index (κ2) is 70.6. The summed E-state index contributed by atoms with van der Waals surface area (Å²) >= 11 is 8.38. The minimum absolute atomic E-state index is 0.319. The van der Waals surface area contributed by atoms with E-state index >= 15 is 0 Å². The van der Waals surface area contributed by atoms with Crippen LogP contribution in [0.5, 0.6) is 0 Å². The number of aliphatic hydroxyl groups excluding tert-OH is 1. The summed E-state index contributed by atoms with van der Waals surface area (Å²) in [5, 5.41) is 22.2. The average Bonchev–Trinajstić information content (AvgIpc) is 2.35. The molecule has 0 fully saturated rings. The van der Waals surface area contributed by atoms with E-state index in [2.05, 4.69) is 23.2 Å². The van der Waals surface area contributed by atoms with Gasteiger partial charge in [0.1, 0.15) is 0 Å². The minimum Gasteiger partial charge on any atom is -0.469 e. The highest BCUT2D eigenvalue weighted by atomic mass is 35.5. The molecule has 0 aromatic rings. The van der Waals surface area contributed by atoms with E-state index in [1.165, 1.54) is 0 Å². The van der Waals surface area contributed by atoms with Gasteiger partial charge in [0.2, 0.25) is 0 Å². The van der Waals surface area contributed by atoms with Crippen LogP contribution in [-0.4, -0.2) is 32.8 Å². The number of carboxylic acid groups (broad SMARTS) is 2. The predicted molar refractivity (Wildman–Crippen MR) is 79.2 cm³/mol. The molecule has 0 saturated carbocycles. The number of hydrogen-bond acceptors (Lipinski definition) is 3. The number of hydrogen-bond donors (Lipinski definition) is 3. The first kappa shape index (κ1) is 36.0. The standard InChI is InChI=1S/C3H8O.3C2H6.2CHClO2/c1-2-3-4;3*1-2;2*2-1(3)4/h4H,2-3H2,1H3;3*1-2H3;2*(H,3,4). The van der Waals surface area contributed by atoms with Gasteiger partial charge < -0.3 is 15.3 Å². The minimum atomic E-state index is -1.36. The third-order valence-corrected chi connectivity index (χ3v) is 0.224. The zero-order valence-electron chi connectivity index (χ0n) is 12.3. The Kier molecular flexibility index (Phi) is 141. The van der Waals surface area contributed by atoms with Gasteiger partial charge >= 0.3 is 10.9 Å². The van der Waals surface area contributed by atoms with Crippen LogP contribution in [0.15, 0.2) is 0 Å². The largest absolute Gasteiger partial charge is 0.469 e. The monoisotopic (exact) mass is 310 g/mol. The molecule has 5 nitrogen and oxygen atoms in total. The quantitative estimate of drug-likeness (QED) is 0.573. The van der Waals surface area contributed by atoms with Crippen molar-refractivity contribution in [2.24, 2.45) is 0 Å². The molecule has 0 rings (SSSR count). The summed E-state index contributed by atoms with van der Waals surface area (Å²) < 4.78 is 0. The topological polar surface area (TPSA) is 94.8 Å². The van der Waals surface area contributed by atoms with Crippen LogP contribution in [0.25, 0.3) is 0 Å². The fraction of sp³-hybridized carbons (Fsp3) is 0.818. The van der Waals surface area contributed by atoms with Gasteiger partial charge in [-0.25, -0.2) is 9.59 Å². The van der Waals surface area contributed by atoms with Crippen LogP contribution in [0.2, 0.25) is 0 Å². The first-order valence-corrected chi connectivity index (χ1v) is 6.51. The molecule has 18 heavy (non-hydrogen) atoms. The van der Waals surface area contributed by atoms with Crippen molar-refractivity contribution >= 4 is 34.1 Å². The SMILES string of the molecule is CC.CC.CC.CCCO.O=C(O)Cl.O=C(O)Cl. The number of halogens is 2. The lowest BCUT2D eigenvalue weighted by Crippen LogP contribution is -1.69. The predicted octanol–water partition coefficient (Wildman–Crippen LogP) is 5.27. The number of carbonyl (C=O) groups is 2. The van der Waals surface area contributed by atoms with Gasteiger partial charge in [-0.1, -0.05) is 48.5 Å². The molecule has 0 amide bonds. The van der Waals surface area contributed by atoms with Gasteiger partial charge in [-0.2, -0.15) is 0 Å². The van der Waals surface area contributed by atoms with E-state index in [9.17, 15) is 0 Å². The van der Waals surface area contributed by atoms with E-state index in [1.54, 1.807) is 0 Å². The summed E-state index contributed by atoms with van der Waals surface area (Å²) in [6.45, 7) is 14.2. The smallest absolute Gasteiger partial charge is 0.401 e. The van der Waals surface area contributed by atoms with E-state index in [4.69, 9.17) is 24.9 Å². The molecule has 0 heterocycles. The first-order valence-electron chi connectivity index (χ1n) is 5.76. The zero-order valence-corrected chi connectivity index (χ0v) is 13.8. The molecule has 0 saturated heterocycles. The van der Waals surface area contributed by atoms with E-state index in [1.807, 2.05) is 48.5 Å². The molecular weight excluding hydrogens is 283 g/mol. The molecule has 0 aliphatic heterocycles. The average molecular weight is 311 g/mol. The van der Waals surface area contributed by atoms with Crippen molar-refractivity contribution in [3.8, 4) is 0 Å². The van der Waals surface area contributed by atoms with Crippen molar-refractivity contribution in [3.05, 3.63) is 0 Å². The first-order chi connectivity index (χ1) is 8.38. The van der Waals surface area contributed by atoms with Crippen LogP contribution in [0, 0.1) is 0 Å². The van der Waals surface area contributed by atoms with E-state index in [0.29, 0.717) is 6.61 Å². The van der Waals surface area contributed by atoms with Gasteiger partial charge in [0, 0.05) is 29.8 Å². The molecule has 0 radical (unpaired) electrons. The molecule has 7 heteroatoms. The van der Waals surface area contributed by atoms with E-state index < -0.39 is 10.9 Å². The summed E-state index contributed by atoms with van der Waals surface area (Å²) in [6, 6.07) is 0. The fourth-order valence-electron chi connectivity index (χ4n) is 0. The molecule has 0 unspecified atom stereocenters. The fourth-order valence-corrected chi connectivity index (χ4v) is 0. The van der Waals surface area contributed by atoms with Crippen LogP contribution < -0.4 is 0 Å². The van der Waals surface area contributed by atoms with Crippen LogP contribution in [0.3, 0.4) is 0 Å². The zero-order chi connectivity index (χ0) is 16.6. The lowest BCUT2D eigenvalue weighted by atomic mass is 10.5. The maximum absolute atomic E-state index is 8.77. The van der Waals surface area contributed by atoms with Crippen molar-refractivity contribution in [1.29, 1.82) is 0 Å². The molecule has 0 spiro atoms. The van der Waals surface area contributed by atoms with Gasteiger partial charge in [-0.15, -0.1) is 0 Å². The van der Waals surface area contributed by atoms with Gasteiger partial charge in [-0.05, 0) is 6.42 Å². The maximum Gasteiger partial charge on any atom is 0.401 e. The maximum atomic E-state index is 8.77. The van der Waals surface area contributed by atoms with Crippen molar-refractivity contribution in [2.75, 3.05) is 6.61 Å². The van der Waals surface area contributed by atoms with Crippen LogP contribution >= 0.6 is 23.2 Å².